The van der Waals surface area contributed by atoms with E-state index in [9.17, 15) is 4.79 Å². The van der Waals surface area contributed by atoms with Crippen molar-refractivity contribution in [2.24, 2.45) is 17.6 Å². The average Bonchev–Trinajstić information content (AvgIpc) is 2.20. The standard InChI is InChI=1S/C12H25NO2/c1-3-4-5-6-7-10(2)8-11(9-13)12(14)15/h10-11H,3-9,13H2,1-2H3,(H,14,15). The third-order valence-electron chi connectivity index (χ3n) is 2.87. The molecule has 2 unspecified atom stereocenters. The first-order chi connectivity index (χ1) is 7.11. The molecule has 0 saturated heterocycles. The summed E-state index contributed by atoms with van der Waals surface area (Å²) in [5.41, 5.74) is 5.42. The van der Waals surface area contributed by atoms with Crippen molar-refractivity contribution in [1.29, 1.82) is 0 Å². The first kappa shape index (κ1) is 14.4. The first-order valence-corrected chi connectivity index (χ1v) is 6.04. The van der Waals surface area contributed by atoms with Gasteiger partial charge in [-0.05, 0) is 12.3 Å². The second kappa shape index (κ2) is 8.72. The predicted molar refractivity (Wildman–Crippen MR) is 62.7 cm³/mol. The first-order valence-electron chi connectivity index (χ1n) is 6.04. The van der Waals surface area contributed by atoms with Crippen molar-refractivity contribution in [3.8, 4) is 0 Å². The van der Waals surface area contributed by atoms with Crippen LogP contribution in [0.25, 0.3) is 0 Å². The molecule has 15 heavy (non-hydrogen) atoms. The maximum atomic E-state index is 10.8. The summed E-state index contributed by atoms with van der Waals surface area (Å²) >= 11 is 0. The van der Waals surface area contributed by atoms with E-state index >= 15 is 0 Å². The highest BCUT2D eigenvalue weighted by atomic mass is 16.4. The Morgan fingerprint density at radius 1 is 1.33 bits per heavy atom. The van der Waals surface area contributed by atoms with Crippen molar-refractivity contribution in [3.05, 3.63) is 0 Å². The smallest absolute Gasteiger partial charge is 0.307 e. The van der Waals surface area contributed by atoms with Gasteiger partial charge in [0.25, 0.3) is 0 Å². The number of hydrogen-bond donors (Lipinski definition) is 2. The number of rotatable bonds is 9. The lowest BCUT2D eigenvalue weighted by molar-refractivity contribution is -0.141. The molecule has 0 amide bonds. The van der Waals surface area contributed by atoms with Gasteiger partial charge in [-0.3, -0.25) is 4.79 Å². The quantitative estimate of drug-likeness (QED) is 0.581. The largest absolute Gasteiger partial charge is 0.481 e. The lowest BCUT2D eigenvalue weighted by atomic mass is 9.91. The summed E-state index contributed by atoms with van der Waals surface area (Å²) in [6.07, 6.45) is 6.86. The van der Waals surface area contributed by atoms with Gasteiger partial charge in [0.15, 0.2) is 0 Å². The molecular formula is C12H25NO2. The van der Waals surface area contributed by atoms with Crippen molar-refractivity contribution in [1.82, 2.24) is 0 Å². The van der Waals surface area contributed by atoms with Crippen molar-refractivity contribution in [2.45, 2.75) is 52.4 Å². The highest BCUT2D eigenvalue weighted by Crippen LogP contribution is 2.18. The molecule has 0 aliphatic heterocycles. The van der Waals surface area contributed by atoms with Crippen LogP contribution in [-0.4, -0.2) is 17.6 Å². The minimum Gasteiger partial charge on any atom is -0.481 e. The second-order valence-corrected chi connectivity index (χ2v) is 4.46. The zero-order chi connectivity index (χ0) is 11.7. The molecule has 0 radical (unpaired) electrons. The topological polar surface area (TPSA) is 63.3 Å². The third kappa shape index (κ3) is 7.37. The van der Waals surface area contributed by atoms with Crippen LogP contribution in [0.5, 0.6) is 0 Å². The lowest BCUT2D eigenvalue weighted by Crippen LogP contribution is -2.25. The molecule has 0 fully saturated rings. The van der Waals surface area contributed by atoms with Crippen molar-refractivity contribution in [3.63, 3.8) is 0 Å². The molecule has 2 atom stereocenters. The molecule has 0 aromatic rings. The highest BCUT2D eigenvalue weighted by molar-refractivity contribution is 5.70. The van der Waals surface area contributed by atoms with Gasteiger partial charge in [0, 0.05) is 6.54 Å². The molecule has 0 spiro atoms. The summed E-state index contributed by atoms with van der Waals surface area (Å²) in [5.74, 6) is -0.629. The fourth-order valence-electron chi connectivity index (χ4n) is 1.82. The van der Waals surface area contributed by atoms with Crippen molar-refractivity contribution in [2.75, 3.05) is 6.54 Å². The molecule has 0 aromatic heterocycles. The fourth-order valence-corrected chi connectivity index (χ4v) is 1.82. The molecular weight excluding hydrogens is 190 g/mol. The third-order valence-corrected chi connectivity index (χ3v) is 2.87. The number of aliphatic carboxylic acids is 1. The number of carbonyl (C=O) groups is 1. The van der Waals surface area contributed by atoms with Gasteiger partial charge in [0.2, 0.25) is 0 Å². The van der Waals surface area contributed by atoms with E-state index in [2.05, 4.69) is 13.8 Å². The molecule has 0 aliphatic rings. The van der Waals surface area contributed by atoms with Crippen LogP contribution in [0.2, 0.25) is 0 Å². The van der Waals surface area contributed by atoms with Gasteiger partial charge in [0.1, 0.15) is 0 Å². The van der Waals surface area contributed by atoms with E-state index in [1.54, 1.807) is 0 Å². The van der Waals surface area contributed by atoms with Crippen molar-refractivity contribution >= 4 is 5.97 Å². The SMILES string of the molecule is CCCCCCC(C)CC(CN)C(=O)O. The zero-order valence-corrected chi connectivity index (χ0v) is 10.0. The van der Waals surface area contributed by atoms with Crippen molar-refractivity contribution < 1.29 is 9.90 Å². The van der Waals surface area contributed by atoms with Crippen LogP contribution >= 0.6 is 0 Å². The Kier molecular flexibility index (Phi) is 8.38. The highest BCUT2D eigenvalue weighted by Gasteiger charge is 2.18. The van der Waals surface area contributed by atoms with E-state index in [1.807, 2.05) is 0 Å². The van der Waals surface area contributed by atoms with Crippen LogP contribution in [0.1, 0.15) is 52.4 Å². The Balaban J connectivity index is 3.62. The van der Waals surface area contributed by atoms with Crippen LogP contribution in [0, 0.1) is 11.8 Å². The molecule has 3 heteroatoms. The summed E-state index contributed by atoms with van der Waals surface area (Å²) in [4.78, 5) is 10.8. The summed E-state index contributed by atoms with van der Waals surface area (Å²) in [5, 5.41) is 8.85. The van der Waals surface area contributed by atoms with E-state index < -0.39 is 5.97 Å². The molecule has 3 N–H and O–H groups in total. The maximum Gasteiger partial charge on any atom is 0.307 e. The molecule has 3 nitrogen and oxygen atoms in total. The number of nitrogens with two attached hydrogens (primary N) is 1. The lowest BCUT2D eigenvalue weighted by Gasteiger charge is -2.15. The van der Waals surface area contributed by atoms with Gasteiger partial charge in [-0.1, -0.05) is 46.0 Å². The average molecular weight is 215 g/mol. The number of carboxylic acid groups (broad SMARTS) is 1. The van der Waals surface area contributed by atoms with E-state index in [0.717, 1.165) is 12.8 Å². The Morgan fingerprint density at radius 3 is 2.47 bits per heavy atom. The van der Waals surface area contributed by atoms with Crippen LogP contribution < -0.4 is 5.73 Å². The number of hydrogen-bond acceptors (Lipinski definition) is 2. The van der Waals surface area contributed by atoms with E-state index in [4.69, 9.17) is 10.8 Å². The summed E-state index contributed by atoms with van der Waals surface area (Å²) in [6.45, 7) is 4.57. The second-order valence-electron chi connectivity index (χ2n) is 4.46. The Bertz CT molecular complexity index is 171. The van der Waals surface area contributed by atoms with Crippen LogP contribution in [0.15, 0.2) is 0 Å². The van der Waals surface area contributed by atoms with Gasteiger partial charge in [-0.15, -0.1) is 0 Å². The molecule has 0 bridgehead atoms. The minimum atomic E-state index is -0.752. The summed E-state index contributed by atoms with van der Waals surface area (Å²) in [6, 6.07) is 0. The Morgan fingerprint density at radius 2 is 2.00 bits per heavy atom. The molecule has 90 valence electrons. The summed E-state index contributed by atoms with van der Waals surface area (Å²) in [7, 11) is 0. The van der Waals surface area contributed by atoms with Gasteiger partial charge in [0.05, 0.1) is 5.92 Å². The van der Waals surface area contributed by atoms with Gasteiger partial charge >= 0.3 is 5.97 Å². The maximum absolute atomic E-state index is 10.8. The molecule has 0 aromatic carbocycles. The van der Waals surface area contributed by atoms with Gasteiger partial charge < -0.3 is 10.8 Å². The normalized spacial score (nSPS) is 14.9. The van der Waals surface area contributed by atoms with Gasteiger partial charge in [-0.2, -0.15) is 0 Å². The Hall–Kier alpha value is -0.570. The van der Waals surface area contributed by atoms with Crippen LogP contribution in [-0.2, 0) is 4.79 Å². The minimum absolute atomic E-state index is 0.259. The van der Waals surface area contributed by atoms with Crippen LogP contribution in [0.4, 0.5) is 0 Å². The fraction of sp³-hybridized carbons (Fsp3) is 0.917. The van der Waals surface area contributed by atoms with Gasteiger partial charge in [-0.25, -0.2) is 0 Å². The summed E-state index contributed by atoms with van der Waals surface area (Å²) < 4.78 is 0. The Labute approximate surface area is 93.0 Å². The number of carboxylic acids is 1. The molecule has 0 aliphatic carbocycles. The molecule has 0 rings (SSSR count). The number of unbranched alkanes of at least 4 members (excludes halogenated alkanes) is 3. The monoisotopic (exact) mass is 215 g/mol. The van der Waals surface area contributed by atoms with E-state index in [-0.39, 0.29) is 12.5 Å². The van der Waals surface area contributed by atoms with Crippen LogP contribution in [0.3, 0.4) is 0 Å². The zero-order valence-electron chi connectivity index (χ0n) is 10.0. The van der Waals surface area contributed by atoms with E-state index in [0.29, 0.717) is 5.92 Å². The molecule has 0 heterocycles. The predicted octanol–water partition coefficient (Wildman–Crippen LogP) is 2.64. The molecule has 0 saturated carbocycles. The van der Waals surface area contributed by atoms with E-state index in [1.165, 1.54) is 25.7 Å².